The van der Waals surface area contributed by atoms with Crippen LogP contribution in [-0.2, 0) is 0 Å². The van der Waals surface area contributed by atoms with Gasteiger partial charge in [-0.3, -0.25) is 4.79 Å². The monoisotopic (exact) mass is 266 g/mol. The highest BCUT2D eigenvalue weighted by Gasteiger charge is 2.05. The third-order valence-corrected chi connectivity index (χ3v) is 2.64. The Morgan fingerprint density at radius 1 is 1.16 bits per heavy atom. The first kappa shape index (κ1) is 15.5. The maximum Gasteiger partial charge on any atom is 0.153 e. The van der Waals surface area contributed by atoms with Gasteiger partial charge in [-0.25, -0.2) is 0 Å². The molecule has 0 saturated carbocycles. The van der Waals surface area contributed by atoms with Crippen LogP contribution in [0.4, 0.5) is 0 Å². The summed E-state index contributed by atoms with van der Waals surface area (Å²) >= 11 is 0. The SMILES string of the molecule is CCCOc1ccc(C=O)c(OCCCCCO)c1. The van der Waals surface area contributed by atoms with Crippen molar-refractivity contribution >= 4 is 6.29 Å². The van der Waals surface area contributed by atoms with E-state index in [1.54, 1.807) is 18.2 Å². The molecule has 0 amide bonds. The van der Waals surface area contributed by atoms with Crippen LogP contribution in [0.5, 0.6) is 11.5 Å². The van der Waals surface area contributed by atoms with Gasteiger partial charge in [-0.15, -0.1) is 0 Å². The number of rotatable bonds is 10. The number of carbonyl (C=O) groups excluding carboxylic acids is 1. The van der Waals surface area contributed by atoms with Crippen LogP contribution in [0, 0.1) is 0 Å². The zero-order valence-electron chi connectivity index (χ0n) is 11.4. The number of benzene rings is 1. The van der Waals surface area contributed by atoms with E-state index in [-0.39, 0.29) is 6.61 Å². The van der Waals surface area contributed by atoms with Gasteiger partial charge in [0.25, 0.3) is 0 Å². The Morgan fingerprint density at radius 2 is 2.00 bits per heavy atom. The normalized spacial score (nSPS) is 10.2. The van der Waals surface area contributed by atoms with Crippen molar-refractivity contribution < 1.29 is 19.4 Å². The summed E-state index contributed by atoms with van der Waals surface area (Å²) in [6, 6.07) is 5.24. The Balaban J connectivity index is 2.54. The maximum atomic E-state index is 10.9. The van der Waals surface area contributed by atoms with E-state index in [4.69, 9.17) is 14.6 Å². The van der Waals surface area contributed by atoms with Crippen LogP contribution in [0.3, 0.4) is 0 Å². The molecule has 0 atom stereocenters. The maximum absolute atomic E-state index is 10.9. The number of unbranched alkanes of at least 4 members (excludes halogenated alkanes) is 2. The van der Waals surface area contributed by atoms with Gasteiger partial charge in [-0.2, -0.15) is 0 Å². The third kappa shape index (κ3) is 5.75. The quantitative estimate of drug-likeness (QED) is 0.522. The fraction of sp³-hybridized carbons (Fsp3) is 0.533. The molecule has 0 saturated heterocycles. The molecule has 1 aromatic carbocycles. The highest BCUT2D eigenvalue weighted by molar-refractivity contribution is 5.79. The zero-order valence-corrected chi connectivity index (χ0v) is 11.4. The van der Waals surface area contributed by atoms with E-state index < -0.39 is 0 Å². The minimum atomic E-state index is 0.208. The lowest BCUT2D eigenvalue weighted by Crippen LogP contribution is -2.02. The van der Waals surface area contributed by atoms with Crippen LogP contribution in [0.15, 0.2) is 18.2 Å². The van der Waals surface area contributed by atoms with Gasteiger partial charge >= 0.3 is 0 Å². The summed E-state index contributed by atoms with van der Waals surface area (Å²) in [5, 5.41) is 8.68. The number of carbonyl (C=O) groups is 1. The van der Waals surface area contributed by atoms with Crippen molar-refractivity contribution in [3.63, 3.8) is 0 Å². The lowest BCUT2D eigenvalue weighted by atomic mass is 10.2. The van der Waals surface area contributed by atoms with Gasteiger partial charge in [0.15, 0.2) is 6.29 Å². The Hall–Kier alpha value is -1.55. The molecule has 4 nitrogen and oxygen atoms in total. The first-order valence-electron chi connectivity index (χ1n) is 6.77. The van der Waals surface area contributed by atoms with E-state index in [0.29, 0.717) is 24.5 Å². The molecule has 1 N–H and O–H groups in total. The summed E-state index contributed by atoms with van der Waals surface area (Å²) in [4.78, 5) is 10.9. The molecule has 0 radical (unpaired) electrons. The minimum Gasteiger partial charge on any atom is -0.493 e. The van der Waals surface area contributed by atoms with Gasteiger partial charge in [0.2, 0.25) is 0 Å². The van der Waals surface area contributed by atoms with Gasteiger partial charge in [0.1, 0.15) is 11.5 Å². The summed E-state index contributed by atoms with van der Waals surface area (Å²) in [6.07, 6.45) is 4.28. The number of hydrogen-bond donors (Lipinski definition) is 1. The smallest absolute Gasteiger partial charge is 0.153 e. The summed E-state index contributed by atoms with van der Waals surface area (Å²) in [5.74, 6) is 1.28. The van der Waals surface area contributed by atoms with Crippen LogP contribution in [-0.4, -0.2) is 31.2 Å². The van der Waals surface area contributed by atoms with E-state index in [9.17, 15) is 4.79 Å². The van der Waals surface area contributed by atoms with Gasteiger partial charge < -0.3 is 14.6 Å². The lowest BCUT2D eigenvalue weighted by Gasteiger charge is -2.11. The van der Waals surface area contributed by atoms with E-state index in [0.717, 1.165) is 37.7 Å². The molecular formula is C15H22O4. The molecule has 0 unspecified atom stereocenters. The molecule has 0 spiro atoms. The van der Waals surface area contributed by atoms with Gasteiger partial charge in [0, 0.05) is 12.7 Å². The van der Waals surface area contributed by atoms with Gasteiger partial charge in [-0.1, -0.05) is 6.92 Å². The fourth-order valence-corrected chi connectivity index (χ4v) is 1.62. The molecule has 0 fully saturated rings. The second-order valence-electron chi connectivity index (χ2n) is 4.30. The van der Waals surface area contributed by atoms with Gasteiger partial charge in [0.05, 0.1) is 18.8 Å². The number of hydrogen-bond acceptors (Lipinski definition) is 4. The topological polar surface area (TPSA) is 55.8 Å². The van der Waals surface area contributed by atoms with Crippen molar-refractivity contribution in [1.29, 1.82) is 0 Å². The average Bonchev–Trinajstić information content (AvgIpc) is 2.45. The molecule has 0 aromatic heterocycles. The van der Waals surface area contributed by atoms with Crippen LogP contribution in [0.25, 0.3) is 0 Å². The molecule has 19 heavy (non-hydrogen) atoms. The zero-order chi connectivity index (χ0) is 13.9. The summed E-state index contributed by atoms with van der Waals surface area (Å²) < 4.78 is 11.1. The van der Waals surface area contributed by atoms with Crippen molar-refractivity contribution in [2.45, 2.75) is 32.6 Å². The van der Waals surface area contributed by atoms with Crippen LogP contribution in [0.1, 0.15) is 43.0 Å². The Kier molecular flexibility index (Phi) is 7.66. The van der Waals surface area contributed by atoms with E-state index in [1.807, 2.05) is 6.92 Å². The van der Waals surface area contributed by atoms with Crippen LogP contribution in [0.2, 0.25) is 0 Å². The Morgan fingerprint density at radius 3 is 2.68 bits per heavy atom. The highest BCUT2D eigenvalue weighted by Crippen LogP contribution is 2.24. The van der Waals surface area contributed by atoms with E-state index >= 15 is 0 Å². The van der Waals surface area contributed by atoms with Crippen molar-refractivity contribution in [1.82, 2.24) is 0 Å². The van der Waals surface area contributed by atoms with Crippen molar-refractivity contribution in [2.24, 2.45) is 0 Å². The number of ether oxygens (including phenoxy) is 2. The number of aldehydes is 1. The largest absolute Gasteiger partial charge is 0.493 e. The standard InChI is InChI=1S/C15H22O4/c1-2-9-18-14-7-6-13(12-17)15(11-14)19-10-5-3-4-8-16/h6-7,11-12,16H,2-5,8-10H2,1H3. The Labute approximate surface area is 114 Å². The Bertz CT molecular complexity index is 376. The summed E-state index contributed by atoms with van der Waals surface area (Å²) in [7, 11) is 0. The first-order chi connectivity index (χ1) is 9.31. The molecule has 0 heterocycles. The highest BCUT2D eigenvalue weighted by atomic mass is 16.5. The van der Waals surface area contributed by atoms with E-state index in [1.165, 1.54) is 0 Å². The summed E-state index contributed by atoms with van der Waals surface area (Å²) in [6.45, 7) is 3.44. The first-order valence-corrected chi connectivity index (χ1v) is 6.77. The molecule has 106 valence electrons. The molecule has 0 aliphatic rings. The molecule has 0 aliphatic carbocycles. The van der Waals surface area contributed by atoms with Crippen molar-refractivity contribution in [3.8, 4) is 11.5 Å². The third-order valence-electron chi connectivity index (χ3n) is 2.64. The lowest BCUT2D eigenvalue weighted by molar-refractivity contribution is 0.111. The van der Waals surface area contributed by atoms with Crippen LogP contribution >= 0.6 is 0 Å². The predicted octanol–water partition coefficient (Wildman–Crippen LogP) is 2.83. The molecular weight excluding hydrogens is 244 g/mol. The second kappa shape index (κ2) is 9.39. The van der Waals surface area contributed by atoms with Crippen LogP contribution < -0.4 is 9.47 Å². The second-order valence-corrected chi connectivity index (χ2v) is 4.30. The summed E-state index contributed by atoms with van der Waals surface area (Å²) in [5.41, 5.74) is 0.533. The molecule has 0 bridgehead atoms. The van der Waals surface area contributed by atoms with Gasteiger partial charge in [-0.05, 0) is 37.8 Å². The minimum absolute atomic E-state index is 0.208. The van der Waals surface area contributed by atoms with Crippen molar-refractivity contribution in [2.75, 3.05) is 19.8 Å². The number of aliphatic hydroxyl groups excluding tert-OH is 1. The van der Waals surface area contributed by atoms with E-state index in [2.05, 4.69) is 0 Å². The molecule has 1 rings (SSSR count). The predicted molar refractivity (Wildman–Crippen MR) is 74.0 cm³/mol. The number of aliphatic hydroxyl groups is 1. The van der Waals surface area contributed by atoms with Crippen molar-refractivity contribution in [3.05, 3.63) is 23.8 Å². The molecule has 4 heteroatoms. The molecule has 0 aliphatic heterocycles. The average molecular weight is 266 g/mol. The fourth-order valence-electron chi connectivity index (χ4n) is 1.62. The molecule has 1 aromatic rings.